The third-order valence-corrected chi connectivity index (χ3v) is 5.83. The van der Waals surface area contributed by atoms with Crippen LogP contribution in [0.3, 0.4) is 0 Å². The lowest BCUT2D eigenvalue weighted by Gasteiger charge is -2.23. The van der Waals surface area contributed by atoms with Crippen molar-refractivity contribution in [3.05, 3.63) is 0 Å². The second-order valence-electron chi connectivity index (χ2n) is 8.36. The molecule has 0 aliphatic carbocycles. The number of amides is 1. The van der Waals surface area contributed by atoms with E-state index in [0.29, 0.717) is 19.0 Å². The van der Waals surface area contributed by atoms with Crippen LogP contribution < -0.4 is 5.32 Å². The molecule has 0 saturated carbocycles. The van der Waals surface area contributed by atoms with Gasteiger partial charge >= 0.3 is 0 Å². The van der Waals surface area contributed by atoms with Gasteiger partial charge in [-0.2, -0.15) is 0 Å². The van der Waals surface area contributed by atoms with Crippen molar-refractivity contribution in [1.82, 2.24) is 10.2 Å². The Morgan fingerprint density at radius 2 is 1.30 bits per heavy atom. The zero-order valence-corrected chi connectivity index (χ0v) is 18.1. The van der Waals surface area contributed by atoms with Crippen LogP contribution in [0.4, 0.5) is 0 Å². The lowest BCUT2D eigenvalue weighted by molar-refractivity contribution is -0.138. The van der Waals surface area contributed by atoms with Crippen LogP contribution in [-0.4, -0.2) is 42.3 Å². The fourth-order valence-electron chi connectivity index (χ4n) is 3.89. The number of ketones is 1. The zero-order valence-electron chi connectivity index (χ0n) is 18.1. The maximum absolute atomic E-state index is 11.9. The Morgan fingerprint density at radius 1 is 0.815 bits per heavy atom. The maximum Gasteiger partial charge on any atom is 0.287 e. The first-order chi connectivity index (χ1) is 13.1. The Morgan fingerprint density at radius 3 is 1.81 bits per heavy atom. The van der Waals surface area contributed by atoms with Crippen molar-refractivity contribution in [1.29, 1.82) is 0 Å². The minimum atomic E-state index is -0.385. The van der Waals surface area contributed by atoms with Crippen molar-refractivity contribution >= 4 is 11.7 Å². The van der Waals surface area contributed by atoms with Crippen LogP contribution in [0.5, 0.6) is 0 Å². The highest BCUT2D eigenvalue weighted by molar-refractivity contribution is 6.36. The van der Waals surface area contributed by atoms with Crippen LogP contribution in [0.1, 0.15) is 110 Å². The first-order valence-corrected chi connectivity index (χ1v) is 11.7. The first kappa shape index (κ1) is 24.1. The smallest absolute Gasteiger partial charge is 0.287 e. The van der Waals surface area contributed by atoms with Crippen molar-refractivity contribution in [3.63, 3.8) is 0 Å². The molecular weight excluding hydrogens is 336 g/mol. The molecule has 1 aliphatic heterocycles. The average molecular weight is 381 g/mol. The van der Waals surface area contributed by atoms with E-state index in [1.807, 2.05) is 0 Å². The summed E-state index contributed by atoms with van der Waals surface area (Å²) in [7, 11) is 0. The van der Waals surface area contributed by atoms with Gasteiger partial charge in [-0.05, 0) is 39.3 Å². The third-order valence-electron chi connectivity index (χ3n) is 5.83. The Labute approximate surface area is 167 Å². The van der Waals surface area contributed by atoms with Crippen LogP contribution in [0.2, 0.25) is 0 Å². The van der Waals surface area contributed by atoms with Gasteiger partial charge in [0.1, 0.15) is 0 Å². The number of carbonyl (C=O) groups excluding carboxylic acids is 2. The lowest BCUT2D eigenvalue weighted by atomic mass is 10.0. The van der Waals surface area contributed by atoms with E-state index in [9.17, 15) is 9.59 Å². The Balaban J connectivity index is 1.89. The SMILES string of the molecule is CCCCCCCCCCCCCCC(=O)C(=O)NCC(C)N1CCCC1. The van der Waals surface area contributed by atoms with Gasteiger partial charge < -0.3 is 5.32 Å². The number of unbranched alkanes of at least 4 members (excludes halogenated alkanes) is 11. The average Bonchev–Trinajstić information content (AvgIpc) is 3.21. The van der Waals surface area contributed by atoms with Crippen LogP contribution in [0.15, 0.2) is 0 Å². The van der Waals surface area contributed by atoms with Crippen molar-refractivity contribution in [2.45, 2.75) is 116 Å². The Kier molecular flexibility index (Phi) is 14.4. The number of rotatable bonds is 17. The molecule has 1 amide bonds. The Bertz CT molecular complexity index is 392. The molecule has 1 saturated heterocycles. The second kappa shape index (κ2) is 16.1. The normalized spacial score (nSPS) is 15.8. The zero-order chi connectivity index (χ0) is 19.7. The predicted molar refractivity (Wildman–Crippen MR) is 114 cm³/mol. The number of carbonyl (C=O) groups is 2. The summed E-state index contributed by atoms with van der Waals surface area (Å²) in [5.41, 5.74) is 0. The highest BCUT2D eigenvalue weighted by atomic mass is 16.2. The summed E-state index contributed by atoms with van der Waals surface area (Å²) in [6, 6.07) is 0.330. The molecule has 1 heterocycles. The quantitative estimate of drug-likeness (QED) is 0.277. The van der Waals surface area contributed by atoms with Crippen LogP contribution in [0.25, 0.3) is 0 Å². The molecule has 4 nitrogen and oxygen atoms in total. The highest BCUT2D eigenvalue weighted by Crippen LogP contribution is 2.13. The molecule has 0 aromatic heterocycles. The van der Waals surface area contributed by atoms with Gasteiger partial charge in [0, 0.05) is 19.0 Å². The maximum atomic E-state index is 11.9. The molecule has 158 valence electrons. The van der Waals surface area contributed by atoms with Crippen LogP contribution in [0, 0.1) is 0 Å². The second-order valence-corrected chi connectivity index (χ2v) is 8.36. The monoisotopic (exact) mass is 380 g/mol. The number of nitrogens with one attached hydrogen (secondary N) is 1. The van der Waals surface area contributed by atoms with Crippen molar-refractivity contribution in [2.24, 2.45) is 0 Å². The van der Waals surface area contributed by atoms with E-state index in [1.54, 1.807) is 0 Å². The molecule has 1 aliphatic rings. The summed E-state index contributed by atoms with van der Waals surface area (Å²) in [6.07, 6.45) is 18.2. The summed E-state index contributed by atoms with van der Waals surface area (Å²) in [5, 5.41) is 2.82. The molecule has 0 aromatic rings. The minimum Gasteiger partial charge on any atom is -0.348 e. The van der Waals surface area contributed by atoms with Gasteiger partial charge in [0.05, 0.1) is 0 Å². The lowest BCUT2D eigenvalue weighted by Crippen LogP contribution is -2.42. The number of hydrogen-bond donors (Lipinski definition) is 1. The fraction of sp³-hybridized carbons (Fsp3) is 0.913. The van der Waals surface area contributed by atoms with Crippen LogP contribution >= 0.6 is 0 Å². The third kappa shape index (κ3) is 12.2. The molecule has 1 atom stereocenters. The van der Waals surface area contributed by atoms with E-state index >= 15 is 0 Å². The highest BCUT2D eigenvalue weighted by Gasteiger charge is 2.20. The Hall–Kier alpha value is -0.900. The van der Waals surface area contributed by atoms with E-state index in [1.165, 1.54) is 77.0 Å². The molecule has 0 radical (unpaired) electrons. The van der Waals surface area contributed by atoms with Gasteiger partial charge in [0.2, 0.25) is 5.78 Å². The van der Waals surface area contributed by atoms with Crippen molar-refractivity contribution < 1.29 is 9.59 Å². The molecular formula is C23H44N2O2. The summed E-state index contributed by atoms with van der Waals surface area (Å²) in [4.78, 5) is 26.2. The van der Waals surface area contributed by atoms with Crippen molar-refractivity contribution in [3.8, 4) is 0 Å². The molecule has 1 rings (SSSR count). The molecule has 27 heavy (non-hydrogen) atoms. The summed E-state index contributed by atoms with van der Waals surface area (Å²) < 4.78 is 0. The largest absolute Gasteiger partial charge is 0.348 e. The number of likely N-dealkylation sites (tertiary alicyclic amines) is 1. The molecule has 0 spiro atoms. The van der Waals surface area contributed by atoms with Crippen molar-refractivity contribution in [2.75, 3.05) is 19.6 Å². The van der Waals surface area contributed by atoms with E-state index in [0.717, 1.165) is 25.9 Å². The van der Waals surface area contributed by atoms with Crippen LogP contribution in [-0.2, 0) is 9.59 Å². The topological polar surface area (TPSA) is 49.4 Å². The molecule has 0 aromatic carbocycles. The molecule has 0 bridgehead atoms. The molecule has 4 heteroatoms. The summed E-state index contributed by atoms with van der Waals surface area (Å²) in [6.45, 7) is 7.20. The van der Waals surface area contributed by atoms with E-state index < -0.39 is 0 Å². The molecule has 1 unspecified atom stereocenters. The van der Waals surface area contributed by atoms with E-state index in [4.69, 9.17) is 0 Å². The number of hydrogen-bond acceptors (Lipinski definition) is 3. The summed E-state index contributed by atoms with van der Waals surface area (Å²) in [5.74, 6) is -0.625. The van der Waals surface area contributed by atoms with E-state index in [2.05, 4.69) is 24.1 Å². The fourth-order valence-corrected chi connectivity index (χ4v) is 3.89. The minimum absolute atomic E-state index is 0.240. The first-order valence-electron chi connectivity index (χ1n) is 11.7. The standard InChI is InChI=1S/C23H44N2O2/c1-3-4-5-6-7-8-9-10-11-12-13-14-17-22(26)23(27)24-20-21(2)25-18-15-16-19-25/h21H,3-20H2,1-2H3,(H,24,27). The number of nitrogens with zero attached hydrogens (tertiary/aromatic N) is 1. The van der Waals surface area contributed by atoms with Gasteiger partial charge in [-0.3, -0.25) is 14.5 Å². The van der Waals surface area contributed by atoms with E-state index in [-0.39, 0.29) is 11.7 Å². The van der Waals surface area contributed by atoms with Gasteiger partial charge in [0.25, 0.3) is 5.91 Å². The molecule has 1 fully saturated rings. The summed E-state index contributed by atoms with van der Waals surface area (Å²) >= 11 is 0. The predicted octanol–water partition coefficient (Wildman–Crippen LogP) is 5.25. The van der Waals surface area contributed by atoms with Gasteiger partial charge in [0.15, 0.2) is 0 Å². The van der Waals surface area contributed by atoms with Gasteiger partial charge in [-0.15, -0.1) is 0 Å². The van der Waals surface area contributed by atoms with Gasteiger partial charge in [-0.25, -0.2) is 0 Å². The van der Waals surface area contributed by atoms with Gasteiger partial charge in [-0.1, -0.05) is 77.6 Å². The number of Topliss-reactive ketones (excluding diaryl/α,β-unsaturated/α-hetero) is 1. The molecule has 1 N–H and O–H groups in total.